The van der Waals surface area contributed by atoms with Crippen molar-refractivity contribution >= 4 is 8.07 Å². The van der Waals surface area contributed by atoms with Crippen LogP contribution < -0.4 is 0 Å². The van der Waals surface area contributed by atoms with Crippen LogP contribution in [-0.2, 0) is 0 Å². The van der Waals surface area contributed by atoms with Crippen LogP contribution in [-0.4, -0.2) is 8.07 Å². The Labute approximate surface area is 214 Å². The van der Waals surface area contributed by atoms with E-state index in [9.17, 15) is 0 Å². The molecule has 6 rings (SSSR count). The molecule has 0 amide bonds. The van der Waals surface area contributed by atoms with Gasteiger partial charge in [-0.1, -0.05) is 73.4 Å². The standard InChI is InChI=1S/C33H58Si/c1-19-11-13-25-26-14-12-20(2)16-29(26)33(28(25)15-19)34(6,7)32-23(5)18-27-30(32)17-22(4)24-10-8-9-21(3)31(24)27/h19-33H,8-18H2,1-7H3. The molecular formula is C33H58Si. The van der Waals surface area contributed by atoms with E-state index in [4.69, 9.17) is 0 Å². The van der Waals surface area contributed by atoms with Crippen molar-refractivity contribution in [2.75, 3.05) is 0 Å². The van der Waals surface area contributed by atoms with Crippen molar-refractivity contribution in [1.29, 1.82) is 0 Å². The molecular weight excluding hydrogens is 424 g/mol. The van der Waals surface area contributed by atoms with Gasteiger partial charge in [0.15, 0.2) is 0 Å². The van der Waals surface area contributed by atoms with E-state index in [0.717, 1.165) is 88.0 Å². The second-order valence-corrected chi connectivity index (χ2v) is 21.2. The minimum Gasteiger partial charge on any atom is -0.0689 e. The molecule has 0 bridgehead atoms. The second kappa shape index (κ2) is 8.91. The molecule has 0 saturated heterocycles. The van der Waals surface area contributed by atoms with Crippen molar-refractivity contribution in [2.45, 2.75) is 129 Å². The summed E-state index contributed by atoms with van der Waals surface area (Å²) in [6, 6.07) is 0. The molecule has 0 N–H and O–H groups in total. The highest BCUT2D eigenvalue weighted by molar-refractivity contribution is 6.80. The third-order valence-electron chi connectivity index (χ3n) is 14.1. The van der Waals surface area contributed by atoms with Crippen molar-refractivity contribution in [1.82, 2.24) is 0 Å². The van der Waals surface area contributed by atoms with Gasteiger partial charge >= 0.3 is 0 Å². The Morgan fingerprint density at radius 3 is 1.62 bits per heavy atom. The van der Waals surface area contributed by atoms with Crippen molar-refractivity contribution in [3.05, 3.63) is 0 Å². The Hall–Kier alpha value is 0.217. The first-order chi connectivity index (χ1) is 16.2. The molecule has 6 fully saturated rings. The number of rotatable bonds is 2. The lowest BCUT2D eigenvalue weighted by Gasteiger charge is -2.54. The largest absolute Gasteiger partial charge is 0.0689 e. The normalized spacial score (nSPS) is 57.4. The van der Waals surface area contributed by atoms with E-state index in [2.05, 4.69) is 47.7 Å². The van der Waals surface area contributed by atoms with Gasteiger partial charge in [0.25, 0.3) is 0 Å². The van der Waals surface area contributed by atoms with Gasteiger partial charge in [-0.25, -0.2) is 0 Å². The average Bonchev–Trinajstić information content (AvgIpc) is 3.27. The van der Waals surface area contributed by atoms with Crippen LogP contribution in [0, 0.1) is 76.9 Å². The van der Waals surface area contributed by atoms with E-state index in [0.29, 0.717) is 0 Å². The fourth-order valence-electron chi connectivity index (χ4n) is 13.4. The first-order valence-corrected chi connectivity index (χ1v) is 19.3. The highest BCUT2D eigenvalue weighted by atomic mass is 28.3. The van der Waals surface area contributed by atoms with Gasteiger partial charge < -0.3 is 0 Å². The molecule has 0 aromatic heterocycles. The van der Waals surface area contributed by atoms with Crippen LogP contribution in [0.2, 0.25) is 24.2 Å². The molecule has 6 aliphatic carbocycles. The Kier molecular flexibility index (Phi) is 6.43. The monoisotopic (exact) mass is 482 g/mol. The van der Waals surface area contributed by atoms with Gasteiger partial charge in [-0.3, -0.25) is 0 Å². The third kappa shape index (κ3) is 3.69. The summed E-state index contributed by atoms with van der Waals surface area (Å²) in [5.74, 6) is 13.8. The molecule has 14 unspecified atom stereocenters. The molecule has 0 radical (unpaired) electrons. The van der Waals surface area contributed by atoms with Crippen LogP contribution in [0.4, 0.5) is 0 Å². The molecule has 194 valence electrons. The van der Waals surface area contributed by atoms with E-state index in [1.807, 2.05) is 0 Å². The summed E-state index contributed by atoms with van der Waals surface area (Å²) in [7, 11) is -1.39. The van der Waals surface area contributed by atoms with Crippen LogP contribution in [0.5, 0.6) is 0 Å². The maximum absolute atomic E-state index is 2.97. The Bertz CT molecular complexity index is 715. The lowest BCUT2D eigenvalue weighted by molar-refractivity contribution is -0.00581. The minimum absolute atomic E-state index is 0.999. The van der Waals surface area contributed by atoms with E-state index >= 15 is 0 Å². The molecule has 1 heteroatoms. The number of fused-ring (bicyclic) bond motifs is 6. The molecule has 6 saturated carbocycles. The van der Waals surface area contributed by atoms with Gasteiger partial charge in [-0.15, -0.1) is 0 Å². The summed E-state index contributed by atoms with van der Waals surface area (Å²) in [5.41, 5.74) is 2.27. The van der Waals surface area contributed by atoms with Gasteiger partial charge in [0.05, 0.1) is 8.07 Å². The predicted octanol–water partition coefficient (Wildman–Crippen LogP) is 9.92. The predicted molar refractivity (Wildman–Crippen MR) is 150 cm³/mol. The van der Waals surface area contributed by atoms with Crippen LogP contribution in [0.3, 0.4) is 0 Å². The SMILES string of the molecule is CC1CCC2C3CCC(C)CC3C([Si](C)(C)C3C(C)CC4C3CC(C)C3CCCC(C)C34)C2C1. The zero-order valence-corrected chi connectivity index (χ0v) is 24.9. The summed E-state index contributed by atoms with van der Waals surface area (Å²) in [4.78, 5) is 0. The topological polar surface area (TPSA) is 0 Å². The lowest BCUT2D eigenvalue weighted by Crippen LogP contribution is -2.50. The molecule has 0 aliphatic heterocycles. The Balaban J connectivity index is 1.34. The van der Waals surface area contributed by atoms with Gasteiger partial charge in [-0.05, 0) is 133 Å². The molecule has 0 aromatic carbocycles. The molecule has 6 aliphatic rings. The van der Waals surface area contributed by atoms with E-state index < -0.39 is 8.07 Å². The maximum atomic E-state index is 2.97. The lowest BCUT2D eigenvalue weighted by atomic mass is 9.55. The first-order valence-electron chi connectivity index (χ1n) is 16.2. The summed E-state index contributed by atoms with van der Waals surface area (Å²) in [5, 5.41) is 0. The number of hydrogen-bond acceptors (Lipinski definition) is 0. The fraction of sp³-hybridized carbons (Fsp3) is 1.00. The van der Waals surface area contributed by atoms with Crippen LogP contribution >= 0.6 is 0 Å². The summed E-state index contributed by atoms with van der Waals surface area (Å²) in [6.07, 6.45) is 17.3. The van der Waals surface area contributed by atoms with Crippen LogP contribution in [0.1, 0.15) is 105 Å². The summed E-state index contributed by atoms with van der Waals surface area (Å²) < 4.78 is 0. The third-order valence-corrected chi connectivity index (χ3v) is 19.4. The zero-order chi connectivity index (χ0) is 23.9. The highest BCUT2D eigenvalue weighted by Gasteiger charge is 2.63. The number of hydrogen-bond donors (Lipinski definition) is 0. The fourth-order valence-corrected chi connectivity index (χ4v) is 19.9. The van der Waals surface area contributed by atoms with Crippen molar-refractivity contribution in [3.63, 3.8) is 0 Å². The molecule has 0 heterocycles. The van der Waals surface area contributed by atoms with Gasteiger partial charge in [0.1, 0.15) is 0 Å². The highest BCUT2D eigenvalue weighted by Crippen LogP contribution is 2.70. The second-order valence-electron chi connectivity index (χ2n) is 16.3. The molecule has 0 aromatic rings. The Morgan fingerprint density at radius 1 is 0.441 bits per heavy atom. The molecule has 0 nitrogen and oxygen atoms in total. The van der Waals surface area contributed by atoms with Gasteiger partial charge in [0, 0.05) is 0 Å². The van der Waals surface area contributed by atoms with E-state index in [-0.39, 0.29) is 0 Å². The molecule has 34 heavy (non-hydrogen) atoms. The van der Waals surface area contributed by atoms with Gasteiger partial charge in [-0.2, -0.15) is 0 Å². The quantitative estimate of drug-likeness (QED) is 0.343. The average molecular weight is 483 g/mol. The van der Waals surface area contributed by atoms with Crippen molar-refractivity contribution in [3.8, 4) is 0 Å². The maximum Gasteiger partial charge on any atom is 0.0547 e. The van der Waals surface area contributed by atoms with E-state index in [1.54, 1.807) is 44.9 Å². The van der Waals surface area contributed by atoms with E-state index in [1.165, 1.54) is 25.7 Å². The molecule has 0 spiro atoms. The smallest absolute Gasteiger partial charge is 0.0547 e. The Morgan fingerprint density at radius 2 is 1.00 bits per heavy atom. The van der Waals surface area contributed by atoms with Crippen molar-refractivity contribution in [2.24, 2.45) is 76.9 Å². The van der Waals surface area contributed by atoms with Crippen LogP contribution in [0.15, 0.2) is 0 Å². The van der Waals surface area contributed by atoms with Crippen molar-refractivity contribution < 1.29 is 0 Å². The van der Waals surface area contributed by atoms with Gasteiger partial charge in [0.2, 0.25) is 0 Å². The summed E-state index contributed by atoms with van der Waals surface area (Å²) in [6.45, 7) is 19.3. The molecule has 14 atom stereocenters. The first kappa shape index (κ1) is 24.5. The minimum atomic E-state index is -1.39. The van der Waals surface area contributed by atoms with Crippen LogP contribution in [0.25, 0.3) is 0 Å². The summed E-state index contributed by atoms with van der Waals surface area (Å²) >= 11 is 0. The zero-order valence-electron chi connectivity index (χ0n) is 23.9.